The lowest BCUT2D eigenvalue weighted by molar-refractivity contribution is 0.0785. The van der Waals surface area contributed by atoms with Gasteiger partial charge in [-0.2, -0.15) is 0 Å². The van der Waals surface area contributed by atoms with Crippen LogP contribution in [0.2, 0.25) is 0 Å². The molecule has 1 rings (SSSR count). The van der Waals surface area contributed by atoms with E-state index in [1.165, 1.54) is 5.56 Å². The monoisotopic (exact) mass is 237 g/mol. The van der Waals surface area contributed by atoms with E-state index in [-0.39, 0.29) is 12.5 Å². The van der Waals surface area contributed by atoms with Gasteiger partial charge in [0.05, 0.1) is 6.61 Å². The average Bonchev–Trinajstić information content (AvgIpc) is 2.38. The largest absolute Gasteiger partial charge is 0.396 e. The maximum absolute atomic E-state index is 8.81. The van der Waals surface area contributed by atoms with Gasteiger partial charge in [-0.15, -0.1) is 0 Å². The number of rotatable bonds is 9. The molecule has 0 aliphatic rings. The Morgan fingerprint density at radius 1 is 1.29 bits per heavy atom. The van der Waals surface area contributed by atoms with Crippen molar-refractivity contribution in [3.8, 4) is 0 Å². The summed E-state index contributed by atoms with van der Waals surface area (Å²) in [6, 6.07) is 10.4. The number of ether oxygens (including phenoxy) is 1. The third-order valence-electron chi connectivity index (χ3n) is 2.53. The number of hydrogen-bond acceptors (Lipinski definition) is 3. The molecular formula is C14H23NO2. The third-order valence-corrected chi connectivity index (χ3v) is 2.53. The molecule has 0 radical (unpaired) electrons. The van der Waals surface area contributed by atoms with Crippen LogP contribution in [-0.2, 0) is 11.3 Å². The van der Waals surface area contributed by atoms with Gasteiger partial charge in [-0.25, -0.2) is 0 Å². The molecule has 2 N–H and O–H groups in total. The molecule has 1 unspecified atom stereocenters. The van der Waals surface area contributed by atoms with Gasteiger partial charge in [0.25, 0.3) is 0 Å². The minimum atomic E-state index is 0.201. The van der Waals surface area contributed by atoms with Crippen LogP contribution in [0.4, 0.5) is 0 Å². The molecule has 1 aromatic carbocycles. The Balaban J connectivity index is 1.91. The average molecular weight is 237 g/mol. The topological polar surface area (TPSA) is 41.5 Å². The lowest BCUT2D eigenvalue weighted by Gasteiger charge is -2.09. The first-order chi connectivity index (χ1) is 8.33. The SMILES string of the molecule is CC(CO)COCCCNCc1ccccc1. The van der Waals surface area contributed by atoms with E-state index in [9.17, 15) is 0 Å². The van der Waals surface area contributed by atoms with Crippen molar-refractivity contribution in [1.29, 1.82) is 0 Å². The van der Waals surface area contributed by atoms with Crippen LogP contribution in [0.25, 0.3) is 0 Å². The molecule has 0 heterocycles. The summed E-state index contributed by atoms with van der Waals surface area (Å²) in [5, 5.41) is 12.2. The van der Waals surface area contributed by atoms with Gasteiger partial charge in [-0.1, -0.05) is 37.3 Å². The second-order valence-electron chi connectivity index (χ2n) is 4.38. The Morgan fingerprint density at radius 3 is 2.76 bits per heavy atom. The summed E-state index contributed by atoms with van der Waals surface area (Å²) in [5.74, 6) is 0.243. The van der Waals surface area contributed by atoms with Crippen molar-refractivity contribution in [1.82, 2.24) is 5.32 Å². The van der Waals surface area contributed by atoms with Crippen molar-refractivity contribution in [2.75, 3.05) is 26.4 Å². The summed E-state index contributed by atoms with van der Waals surface area (Å²) in [7, 11) is 0. The molecule has 0 bridgehead atoms. The second kappa shape index (κ2) is 9.16. The van der Waals surface area contributed by atoms with Gasteiger partial charge in [-0.05, 0) is 18.5 Å². The first-order valence-electron chi connectivity index (χ1n) is 6.26. The van der Waals surface area contributed by atoms with Gasteiger partial charge in [0.2, 0.25) is 0 Å². The van der Waals surface area contributed by atoms with Gasteiger partial charge in [0.15, 0.2) is 0 Å². The minimum Gasteiger partial charge on any atom is -0.396 e. The Morgan fingerprint density at radius 2 is 2.06 bits per heavy atom. The van der Waals surface area contributed by atoms with Gasteiger partial charge in [0, 0.05) is 25.7 Å². The Bertz CT molecular complexity index is 277. The predicted molar refractivity (Wildman–Crippen MR) is 69.8 cm³/mol. The van der Waals surface area contributed by atoms with E-state index in [1.807, 2.05) is 13.0 Å². The molecule has 0 spiro atoms. The fourth-order valence-electron chi connectivity index (χ4n) is 1.47. The van der Waals surface area contributed by atoms with Crippen LogP contribution in [0, 0.1) is 5.92 Å². The van der Waals surface area contributed by atoms with E-state index in [4.69, 9.17) is 9.84 Å². The predicted octanol–water partition coefficient (Wildman–Crippen LogP) is 1.81. The highest BCUT2D eigenvalue weighted by atomic mass is 16.5. The summed E-state index contributed by atoms with van der Waals surface area (Å²) in [4.78, 5) is 0. The van der Waals surface area contributed by atoms with Crippen LogP contribution < -0.4 is 5.32 Å². The maximum Gasteiger partial charge on any atom is 0.0513 e. The lowest BCUT2D eigenvalue weighted by atomic mass is 10.2. The van der Waals surface area contributed by atoms with Gasteiger partial charge >= 0.3 is 0 Å². The van der Waals surface area contributed by atoms with E-state index in [2.05, 4.69) is 29.6 Å². The molecule has 0 aliphatic heterocycles. The number of aliphatic hydroxyl groups excluding tert-OH is 1. The standard InChI is InChI=1S/C14H23NO2/c1-13(11-16)12-17-9-5-8-15-10-14-6-3-2-4-7-14/h2-4,6-7,13,15-16H,5,8-12H2,1H3. The van der Waals surface area contributed by atoms with Crippen molar-refractivity contribution < 1.29 is 9.84 Å². The Labute approximate surface area is 104 Å². The van der Waals surface area contributed by atoms with Gasteiger partial charge in [-0.3, -0.25) is 0 Å². The number of hydrogen-bond donors (Lipinski definition) is 2. The highest BCUT2D eigenvalue weighted by Gasteiger charge is 1.98. The number of benzene rings is 1. The summed E-state index contributed by atoms with van der Waals surface area (Å²) in [5.41, 5.74) is 1.31. The highest BCUT2D eigenvalue weighted by molar-refractivity contribution is 5.14. The zero-order valence-electron chi connectivity index (χ0n) is 10.6. The molecule has 0 amide bonds. The molecule has 0 fully saturated rings. The van der Waals surface area contributed by atoms with E-state index in [0.717, 1.165) is 26.1 Å². The van der Waals surface area contributed by atoms with E-state index in [0.29, 0.717) is 6.61 Å². The van der Waals surface area contributed by atoms with Gasteiger partial charge in [0.1, 0.15) is 0 Å². The third kappa shape index (κ3) is 7.10. The van der Waals surface area contributed by atoms with E-state index in [1.54, 1.807) is 0 Å². The molecule has 3 heteroatoms. The van der Waals surface area contributed by atoms with E-state index < -0.39 is 0 Å². The van der Waals surface area contributed by atoms with Crippen molar-refractivity contribution in [3.05, 3.63) is 35.9 Å². The molecular weight excluding hydrogens is 214 g/mol. The second-order valence-corrected chi connectivity index (χ2v) is 4.38. The van der Waals surface area contributed by atoms with Crippen LogP contribution in [0.3, 0.4) is 0 Å². The van der Waals surface area contributed by atoms with Crippen molar-refractivity contribution >= 4 is 0 Å². The summed E-state index contributed by atoms with van der Waals surface area (Å²) in [6.45, 7) is 5.46. The van der Waals surface area contributed by atoms with Crippen LogP contribution >= 0.6 is 0 Å². The Hall–Kier alpha value is -0.900. The van der Waals surface area contributed by atoms with Crippen LogP contribution in [0.5, 0.6) is 0 Å². The van der Waals surface area contributed by atoms with Crippen LogP contribution in [0.1, 0.15) is 18.9 Å². The molecule has 0 saturated heterocycles. The summed E-state index contributed by atoms with van der Waals surface area (Å²) < 4.78 is 5.44. The molecule has 1 atom stereocenters. The summed E-state index contributed by atoms with van der Waals surface area (Å²) in [6.07, 6.45) is 1.00. The van der Waals surface area contributed by atoms with Crippen molar-refractivity contribution in [3.63, 3.8) is 0 Å². The molecule has 0 aromatic heterocycles. The molecule has 3 nitrogen and oxygen atoms in total. The van der Waals surface area contributed by atoms with Crippen LogP contribution in [-0.4, -0.2) is 31.5 Å². The molecule has 0 saturated carbocycles. The lowest BCUT2D eigenvalue weighted by Crippen LogP contribution is -2.17. The smallest absolute Gasteiger partial charge is 0.0513 e. The zero-order chi connectivity index (χ0) is 12.3. The Kier molecular flexibility index (Phi) is 7.63. The highest BCUT2D eigenvalue weighted by Crippen LogP contribution is 1.97. The fourth-order valence-corrected chi connectivity index (χ4v) is 1.47. The van der Waals surface area contributed by atoms with Crippen molar-refractivity contribution in [2.45, 2.75) is 19.9 Å². The molecule has 0 aliphatic carbocycles. The molecule has 96 valence electrons. The normalized spacial score (nSPS) is 12.6. The first-order valence-corrected chi connectivity index (χ1v) is 6.26. The zero-order valence-corrected chi connectivity index (χ0v) is 10.6. The molecule has 17 heavy (non-hydrogen) atoms. The quantitative estimate of drug-likeness (QED) is 0.644. The minimum absolute atomic E-state index is 0.201. The number of nitrogens with one attached hydrogen (secondary N) is 1. The van der Waals surface area contributed by atoms with Crippen molar-refractivity contribution in [2.24, 2.45) is 5.92 Å². The fraction of sp³-hybridized carbons (Fsp3) is 0.571. The van der Waals surface area contributed by atoms with Crippen LogP contribution in [0.15, 0.2) is 30.3 Å². The summed E-state index contributed by atoms with van der Waals surface area (Å²) >= 11 is 0. The van der Waals surface area contributed by atoms with E-state index >= 15 is 0 Å². The maximum atomic E-state index is 8.81. The van der Waals surface area contributed by atoms with Gasteiger partial charge < -0.3 is 15.2 Å². The first kappa shape index (κ1) is 14.2. The molecule has 1 aromatic rings. The number of aliphatic hydroxyl groups is 1.